The minimum absolute atomic E-state index is 0.0531. The van der Waals surface area contributed by atoms with Crippen molar-refractivity contribution in [3.8, 4) is 34.7 Å². The minimum atomic E-state index is -3.45. The number of nitriles is 1. The Morgan fingerprint density at radius 3 is 2.82 bits per heavy atom. The number of rotatable bonds is 12. The molecule has 0 bridgehead atoms. The van der Waals surface area contributed by atoms with Crippen LogP contribution in [0.15, 0.2) is 40.9 Å². The predicted molar refractivity (Wildman–Crippen MR) is 151 cm³/mol. The van der Waals surface area contributed by atoms with E-state index in [1.165, 1.54) is 0 Å². The quantitative estimate of drug-likeness (QED) is 0.330. The number of sulfonamides is 1. The number of hydrogen-bond donors (Lipinski definition) is 1. The third-order valence-electron chi connectivity index (χ3n) is 6.84. The molecule has 0 spiro atoms. The molecule has 1 unspecified atom stereocenters. The molecule has 4 rings (SSSR count). The summed E-state index contributed by atoms with van der Waals surface area (Å²) in [6.07, 6.45) is 4.47. The number of nitrogens with one attached hydrogen (secondary N) is 1. The van der Waals surface area contributed by atoms with E-state index in [1.807, 2.05) is 39.1 Å². The Balaban J connectivity index is 1.54. The fourth-order valence-corrected chi connectivity index (χ4v) is 6.18. The van der Waals surface area contributed by atoms with Crippen molar-refractivity contribution in [3.63, 3.8) is 0 Å². The summed E-state index contributed by atoms with van der Waals surface area (Å²) in [6, 6.07) is 12.9. The molecule has 1 aromatic heterocycles. The molecular weight excluding hydrogens is 514 g/mol. The van der Waals surface area contributed by atoms with Gasteiger partial charge in [-0.3, -0.25) is 0 Å². The Kier molecular flexibility index (Phi) is 9.38. The highest BCUT2D eigenvalue weighted by molar-refractivity contribution is 7.89. The minimum Gasteiger partial charge on any atom is -0.490 e. The third kappa shape index (κ3) is 7.24. The summed E-state index contributed by atoms with van der Waals surface area (Å²) in [5.74, 6) is 1.31. The molecule has 0 radical (unpaired) electrons. The van der Waals surface area contributed by atoms with Crippen molar-refractivity contribution in [2.75, 3.05) is 25.9 Å². The van der Waals surface area contributed by atoms with E-state index in [0.29, 0.717) is 35.1 Å². The summed E-state index contributed by atoms with van der Waals surface area (Å²) in [7, 11) is -1.49. The number of hydrogen-bond acceptors (Lipinski definition) is 8. The van der Waals surface area contributed by atoms with Gasteiger partial charge in [0.15, 0.2) is 0 Å². The molecule has 9 nitrogen and oxygen atoms in total. The summed E-state index contributed by atoms with van der Waals surface area (Å²) in [6.45, 7) is 7.33. The number of nitrogens with zero attached hydrogens (tertiary/aromatic N) is 4. The van der Waals surface area contributed by atoms with Gasteiger partial charge in [-0.1, -0.05) is 36.7 Å². The van der Waals surface area contributed by atoms with Gasteiger partial charge in [0.2, 0.25) is 15.8 Å². The van der Waals surface area contributed by atoms with Crippen molar-refractivity contribution < 1.29 is 17.7 Å². The largest absolute Gasteiger partial charge is 0.490 e. The summed E-state index contributed by atoms with van der Waals surface area (Å²) in [4.78, 5) is 6.69. The SMILES string of the molecule is CCCCN(C)CCS(=O)(=O)NC1CCCc2c(-c3noc(-c4ccc(OC(C)C)c(C#N)c4)n3)cccc21. The first-order valence-electron chi connectivity index (χ1n) is 13.6. The first kappa shape index (κ1) is 28.7. The molecule has 0 aliphatic heterocycles. The number of ether oxygens (including phenoxy) is 1. The van der Waals surface area contributed by atoms with Crippen molar-refractivity contribution in [2.45, 2.75) is 65.0 Å². The summed E-state index contributed by atoms with van der Waals surface area (Å²) >= 11 is 0. The van der Waals surface area contributed by atoms with Crippen LogP contribution in [0.5, 0.6) is 5.75 Å². The number of fused-ring (bicyclic) bond motifs is 1. The molecule has 0 amide bonds. The summed E-state index contributed by atoms with van der Waals surface area (Å²) < 4.78 is 40.1. The van der Waals surface area contributed by atoms with Crippen LogP contribution in [-0.2, 0) is 16.4 Å². The second-order valence-corrected chi connectivity index (χ2v) is 12.2. The van der Waals surface area contributed by atoms with Gasteiger partial charge in [0, 0.05) is 23.7 Å². The highest BCUT2D eigenvalue weighted by Gasteiger charge is 2.28. The zero-order valence-electron chi connectivity index (χ0n) is 23.1. The lowest BCUT2D eigenvalue weighted by Crippen LogP contribution is -2.36. The maximum atomic E-state index is 12.9. The molecule has 1 aliphatic rings. The lowest BCUT2D eigenvalue weighted by molar-refractivity contribution is 0.241. The van der Waals surface area contributed by atoms with E-state index in [0.717, 1.165) is 55.3 Å². The van der Waals surface area contributed by atoms with Crippen molar-refractivity contribution in [2.24, 2.45) is 0 Å². The monoisotopic (exact) mass is 551 g/mol. The van der Waals surface area contributed by atoms with Crippen LogP contribution >= 0.6 is 0 Å². The summed E-state index contributed by atoms with van der Waals surface area (Å²) in [5, 5.41) is 13.8. The first-order valence-corrected chi connectivity index (χ1v) is 15.2. The van der Waals surface area contributed by atoms with Crippen LogP contribution in [0.25, 0.3) is 22.8 Å². The average Bonchev–Trinajstić information content (AvgIpc) is 3.40. The third-order valence-corrected chi connectivity index (χ3v) is 8.20. The Bertz CT molecular complexity index is 1430. The van der Waals surface area contributed by atoms with Crippen LogP contribution in [0, 0.1) is 11.3 Å². The van der Waals surface area contributed by atoms with Crippen LogP contribution in [0.3, 0.4) is 0 Å². The van der Waals surface area contributed by atoms with E-state index < -0.39 is 10.0 Å². The fourth-order valence-electron chi connectivity index (χ4n) is 4.83. The van der Waals surface area contributed by atoms with E-state index in [-0.39, 0.29) is 17.9 Å². The van der Waals surface area contributed by atoms with E-state index in [4.69, 9.17) is 9.26 Å². The molecule has 208 valence electrons. The van der Waals surface area contributed by atoms with Gasteiger partial charge < -0.3 is 14.2 Å². The van der Waals surface area contributed by atoms with Crippen molar-refractivity contribution in [3.05, 3.63) is 53.1 Å². The van der Waals surface area contributed by atoms with E-state index in [1.54, 1.807) is 18.2 Å². The fraction of sp³-hybridized carbons (Fsp3) is 0.483. The molecule has 2 aromatic carbocycles. The molecule has 3 aromatic rings. The van der Waals surface area contributed by atoms with Gasteiger partial charge in [0.1, 0.15) is 11.8 Å². The summed E-state index contributed by atoms with van der Waals surface area (Å²) in [5.41, 5.74) is 3.83. The molecule has 1 atom stereocenters. The van der Waals surface area contributed by atoms with Gasteiger partial charge in [-0.05, 0) is 82.4 Å². The highest BCUT2D eigenvalue weighted by atomic mass is 32.2. The lowest BCUT2D eigenvalue weighted by Gasteiger charge is -2.28. The predicted octanol–water partition coefficient (Wildman–Crippen LogP) is 5.09. The average molecular weight is 552 g/mol. The van der Waals surface area contributed by atoms with Crippen LogP contribution < -0.4 is 9.46 Å². The molecule has 0 saturated heterocycles. The normalized spacial score (nSPS) is 15.4. The van der Waals surface area contributed by atoms with Crippen LogP contribution in [0.1, 0.15) is 69.2 Å². The van der Waals surface area contributed by atoms with Gasteiger partial charge in [-0.25, -0.2) is 13.1 Å². The molecule has 1 heterocycles. The number of aromatic nitrogens is 2. The molecule has 0 fully saturated rings. The Morgan fingerprint density at radius 1 is 1.26 bits per heavy atom. The second kappa shape index (κ2) is 12.7. The Labute approximate surface area is 231 Å². The maximum Gasteiger partial charge on any atom is 0.258 e. The lowest BCUT2D eigenvalue weighted by atomic mass is 9.85. The zero-order valence-corrected chi connectivity index (χ0v) is 23.9. The topological polar surface area (TPSA) is 121 Å². The molecule has 39 heavy (non-hydrogen) atoms. The van der Waals surface area contributed by atoms with Crippen LogP contribution in [0.2, 0.25) is 0 Å². The smallest absolute Gasteiger partial charge is 0.258 e. The molecular formula is C29H37N5O4S. The maximum absolute atomic E-state index is 12.9. The van der Waals surface area contributed by atoms with Gasteiger partial charge in [0.25, 0.3) is 5.89 Å². The van der Waals surface area contributed by atoms with Crippen molar-refractivity contribution in [1.82, 2.24) is 19.8 Å². The molecule has 1 aliphatic carbocycles. The second-order valence-electron chi connectivity index (χ2n) is 10.3. The van der Waals surface area contributed by atoms with Gasteiger partial charge in [-0.15, -0.1) is 0 Å². The van der Waals surface area contributed by atoms with E-state index >= 15 is 0 Å². The standard InChI is InChI=1S/C29H37N5O4S/c1-5-6-15-34(4)16-17-39(35,36)33-26-12-8-9-23-24(26)10-7-11-25(23)28-31-29(38-32-28)21-13-14-27(37-20(2)3)22(18-21)19-30/h7,10-11,13-14,18,20,26,33H,5-6,8-9,12,15-17H2,1-4H3. The first-order chi connectivity index (χ1) is 18.7. The molecule has 1 N–H and O–H groups in total. The molecule has 10 heteroatoms. The molecule has 0 saturated carbocycles. The van der Waals surface area contributed by atoms with Crippen LogP contribution in [0.4, 0.5) is 0 Å². The van der Waals surface area contributed by atoms with Crippen molar-refractivity contribution >= 4 is 10.0 Å². The Hall–Kier alpha value is -3.26. The van der Waals surface area contributed by atoms with Crippen LogP contribution in [-0.4, -0.2) is 55.5 Å². The number of unbranched alkanes of at least 4 members (excludes halogenated alkanes) is 1. The van der Waals surface area contributed by atoms with E-state index in [9.17, 15) is 13.7 Å². The van der Waals surface area contributed by atoms with Gasteiger partial charge in [0.05, 0.1) is 17.4 Å². The van der Waals surface area contributed by atoms with Gasteiger partial charge in [-0.2, -0.15) is 10.2 Å². The Morgan fingerprint density at radius 2 is 2.08 bits per heavy atom. The highest BCUT2D eigenvalue weighted by Crippen LogP contribution is 2.36. The van der Waals surface area contributed by atoms with Gasteiger partial charge >= 0.3 is 0 Å². The number of benzene rings is 2. The van der Waals surface area contributed by atoms with Crippen molar-refractivity contribution in [1.29, 1.82) is 5.26 Å². The zero-order chi connectivity index (χ0) is 28.0. The van der Waals surface area contributed by atoms with E-state index in [2.05, 4.69) is 32.8 Å².